The Kier molecular flexibility index (Phi) is 5.21. The van der Waals surface area contributed by atoms with Crippen molar-refractivity contribution in [1.82, 2.24) is 5.32 Å². The molecule has 0 atom stereocenters. The van der Waals surface area contributed by atoms with Crippen LogP contribution in [0.5, 0.6) is 11.5 Å². The number of fused-ring (bicyclic) bond motifs is 1. The number of ether oxygens (including phenoxy) is 2. The summed E-state index contributed by atoms with van der Waals surface area (Å²) in [6.07, 6.45) is 1.00. The summed E-state index contributed by atoms with van der Waals surface area (Å²) in [7, 11) is 1.61. The van der Waals surface area contributed by atoms with Crippen molar-refractivity contribution in [1.29, 1.82) is 0 Å². The maximum atomic E-state index is 12.1. The molecule has 1 heterocycles. The van der Waals surface area contributed by atoms with Gasteiger partial charge in [-0.2, -0.15) is 0 Å². The van der Waals surface area contributed by atoms with Crippen LogP contribution in [0.4, 0.5) is 5.69 Å². The van der Waals surface area contributed by atoms with E-state index in [-0.39, 0.29) is 5.91 Å². The number of anilines is 1. The highest BCUT2D eigenvalue weighted by Crippen LogP contribution is 2.27. The Morgan fingerprint density at radius 1 is 1.12 bits per heavy atom. The monoisotopic (exact) mass is 326 g/mol. The molecule has 2 aromatic rings. The van der Waals surface area contributed by atoms with Gasteiger partial charge >= 0.3 is 0 Å². The van der Waals surface area contributed by atoms with Crippen LogP contribution in [0.15, 0.2) is 48.5 Å². The first-order valence-corrected chi connectivity index (χ1v) is 8.13. The Labute approximate surface area is 142 Å². The van der Waals surface area contributed by atoms with Gasteiger partial charge in [0.05, 0.1) is 20.2 Å². The van der Waals surface area contributed by atoms with Crippen molar-refractivity contribution in [3.05, 3.63) is 54.1 Å². The third-order valence-corrected chi connectivity index (χ3v) is 4.07. The van der Waals surface area contributed by atoms with Crippen LogP contribution in [0.2, 0.25) is 0 Å². The number of benzene rings is 2. The van der Waals surface area contributed by atoms with Crippen molar-refractivity contribution in [3.63, 3.8) is 0 Å². The maximum absolute atomic E-state index is 12.1. The first kappa shape index (κ1) is 16.2. The highest BCUT2D eigenvalue weighted by atomic mass is 16.5. The lowest BCUT2D eigenvalue weighted by Gasteiger charge is -2.18. The fourth-order valence-corrected chi connectivity index (χ4v) is 2.89. The number of rotatable bonds is 7. The zero-order chi connectivity index (χ0) is 16.8. The lowest BCUT2D eigenvalue weighted by molar-refractivity contribution is -0.119. The fraction of sp³-hybridized carbons (Fsp3) is 0.316. The average molecular weight is 326 g/mol. The molecule has 3 rings (SSSR count). The quantitative estimate of drug-likeness (QED) is 0.793. The molecule has 0 bridgehead atoms. The standard InChI is InChI=1S/C19H22N2O3/c1-23-17-8-4-5-9-18(17)24-13-11-20-19(22)14-21-12-10-15-6-2-3-7-16(15)21/h2-9H,10-14H2,1H3,(H,20,22). The zero-order valence-electron chi connectivity index (χ0n) is 13.8. The molecule has 5 heteroatoms. The van der Waals surface area contributed by atoms with E-state index < -0.39 is 0 Å². The summed E-state index contributed by atoms with van der Waals surface area (Å²) < 4.78 is 10.9. The molecule has 2 aromatic carbocycles. The van der Waals surface area contributed by atoms with E-state index in [1.54, 1.807) is 7.11 Å². The largest absolute Gasteiger partial charge is 0.493 e. The second kappa shape index (κ2) is 7.73. The van der Waals surface area contributed by atoms with Crippen molar-refractivity contribution in [2.45, 2.75) is 6.42 Å². The number of methoxy groups -OCH3 is 1. The van der Waals surface area contributed by atoms with Crippen molar-refractivity contribution in [3.8, 4) is 11.5 Å². The molecule has 0 unspecified atom stereocenters. The van der Waals surface area contributed by atoms with Crippen LogP contribution in [-0.2, 0) is 11.2 Å². The third-order valence-electron chi connectivity index (χ3n) is 4.07. The van der Waals surface area contributed by atoms with Crippen molar-refractivity contribution < 1.29 is 14.3 Å². The summed E-state index contributed by atoms with van der Waals surface area (Å²) in [4.78, 5) is 14.2. The Balaban J connectivity index is 1.42. The number of para-hydroxylation sites is 3. The highest BCUT2D eigenvalue weighted by molar-refractivity contribution is 5.82. The molecule has 0 spiro atoms. The van der Waals surface area contributed by atoms with Crippen molar-refractivity contribution in [2.24, 2.45) is 0 Å². The molecule has 0 radical (unpaired) electrons. The van der Waals surface area contributed by atoms with E-state index in [9.17, 15) is 4.79 Å². The second-order valence-corrected chi connectivity index (χ2v) is 5.65. The van der Waals surface area contributed by atoms with Gasteiger partial charge in [0, 0.05) is 12.2 Å². The van der Waals surface area contributed by atoms with Gasteiger partial charge < -0.3 is 19.7 Å². The summed E-state index contributed by atoms with van der Waals surface area (Å²) in [5, 5.41) is 2.90. The molecule has 1 amide bonds. The number of carbonyl (C=O) groups is 1. The molecule has 1 aliphatic rings. The van der Waals surface area contributed by atoms with Gasteiger partial charge in [-0.15, -0.1) is 0 Å². The molecule has 0 saturated heterocycles. The maximum Gasteiger partial charge on any atom is 0.239 e. The molecule has 0 saturated carbocycles. The van der Waals surface area contributed by atoms with Gasteiger partial charge in [0.2, 0.25) is 5.91 Å². The summed E-state index contributed by atoms with van der Waals surface area (Å²) in [5.74, 6) is 1.38. The van der Waals surface area contributed by atoms with Crippen molar-refractivity contribution in [2.75, 3.05) is 38.3 Å². The van der Waals surface area contributed by atoms with Gasteiger partial charge in [-0.1, -0.05) is 30.3 Å². The molecule has 1 aliphatic heterocycles. The number of nitrogens with zero attached hydrogens (tertiary/aromatic N) is 1. The number of carbonyl (C=O) groups excluding carboxylic acids is 1. The van der Waals surface area contributed by atoms with E-state index in [2.05, 4.69) is 22.3 Å². The minimum absolute atomic E-state index is 0.00956. The van der Waals surface area contributed by atoms with Gasteiger partial charge in [0.1, 0.15) is 6.61 Å². The number of hydrogen-bond acceptors (Lipinski definition) is 4. The van der Waals surface area contributed by atoms with E-state index >= 15 is 0 Å². The van der Waals surface area contributed by atoms with Gasteiger partial charge in [0.25, 0.3) is 0 Å². The average Bonchev–Trinajstić information content (AvgIpc) is 3.02. The van der Waals surface area contributed by atoms with Gasteiger partial charge in [-0.3, -0.25) is 4.79 Å². The van der Waals surface area contributed by atoms with E-state index in [0.29, 0.717) is 31.2 Å². The Bertz CT molecular complexity index is 703. The van der Waals surface area contributed by atoms with Crippen molar-refractivity contribution >= 4 is 11.6 Å². The third kappa shape index (κ3) is 3.79. The lowest BCUT2D eigenvalue weighted by atomic mass is 10.2. The number of nitrogens with one attached hydrogen (secondary N) is 1. The molecular weight excluding hydrogens is 304 g/mol. The van der Waals surface area contributed by atoms with E-state index in [1.807, 2.05) is 36.4 Å². The molecule has 5 nitrogen and oxygen atoms in total. The second-order valence-electron chi connectivity index (χ2n) is 5.65. The fourth-order valence-electron chi connectivity index (χ4n) is 2.89. The zero-order valence-corrected chi connectivity index (χ0v) is 13.8. The predicted molar refractivity (Wildman–Crippen MR) is 93.9 cm³/mol. The summed E-state index contributed by atoms with van der Waals surface area (Å²) in [5.41, 5.74) is 2.47. The van der Waals surface area contributed by atoms with Crippen LogP contribution in [0.25, 0.3) is 0 Å². The first-order chi connectivity index (χ1) is 11.8. The lowest BCUT2D eigenvalue weighted by Crippen LogP contribution is -2.38. The molecule has 0 aromatic heterocycles. The molecule has 1 N–H and O–H groups in total. The highest BCUT2D eigenvalue weighted by Gasteiger charge is 2.20. The first-order valence-electron chi connectivity index (χ1n) is 8.13. The predicted octanol–water partition coefficient (Wildman–Crippen LogP) is 2.25. The summed E-state index contributed by atoms with van der Waals surface area (Å²) >= 11 is 0. The minimum Gasteiger partial charge on any atom is -0.493 e. The molecule has 24 heavy (non-hydrogen) atoms. The van der Waals surface area contributed by atoms with Gasteiger partial charge in [0.15, 0.2) is 11.5 Å². The van der Waals surface area contributed by atoms with Gasteiger partial charge in [-0.25, -0.2) is 0 Å². The van der Waals surface area contributed by atoms with Crippen LogP contribution in [0, 0.1) is 0 Å². The molecular formula is C19H22N2O3. The van der Waals surface area contributed by atoms with Crippen LogP contribution < -0.4 is 19.7 Å². The van der Waals surface area contributed by atoms with Crippen LogP contribution in [0.3, 0.4) is 0 Å². The Morgan fingerprint density at radius 2 is 1.88 bits per heavy atom. The van der Waals surface area contributed by atoms with E-state index in [0.717, 1.165) is 18.7 Å². The van der Waals surface area contributed by atoms with Crippen LogP contribution >= 0.6 is 0 Å². The van der Waals surface area contributed by atoms with Gasteiger partial charge in [-0.05, 0) is 30.2 Å². The van der Waals surface area contributed by atoms with Crippen LogP contribution in [0.1, 0.15) is 5.56 Å². The summed E-state index contributed by atoms with van der Waals surface area (Å²) in [6, 6.07) is 15.7. The minimum atomic E-state index is 0.00956. The smallest absolute Gasteiger partial charge is 0.239 e. The summed E-state index contributed by atoms with van der Waals surface area (Å²) in [6.45, 7) is 2.14. The van der Waals surface area contributed by atoms with E-state index in [4.69, 9.17) is 9.47 Å². The SMILES string of the molecule is COc1ccccc1OCCNC(=O)CN1CCc2ccccc21. The Morgan fingerprint density at radius 3 is 2.71 bits per heavy atom. The number of hydrogen-bond donors (Lipinski definition) is 1. The molecule has 126 valence electrons. The topological polar surface area (TPSA) is 50.8 Å². The Hall–Kier alpha value is -2.69. The normalized spacial score (nSPS) is 12.6. The van der Waals surface area contributed by atoms with E-state index in [1.165, 1.54) is 5.56 Å². The molecule has 0 fully saturated rings. The number of amides is 1. The molecule has 0 aliphatic carbocycles. The van der Waals surface area contributed by atoms with Crippen LogP contribution in [-0.4, -0.2) is 39.3 Å².